The Bertz CT molecular complexity index is 411. The predicted octanol–water partition coefficient (Wildman–Crippen LogP) is 2.24. The van der Waals surface area contributed by atoms with E-state index in [4.69, 9.17) is 0 Å². The van der Waals surface area contributed by atoms with Crippen LogP contribution in [0.5, 0.6) is 0 Å². The van der Waals surface area contributed by atoms with Gasteiger partial charge < -0.3 is 15.3 Å². The van der Waals surface area contributed by atoms with Crippen molar-refractivity contribution in [2.24, 2.45) is 0 Å². The Hall–Kier alpha value is -0.900. The molecule has 0 bridgehead atoms. The number of benzene rings is 1. The molecule has 0 saturated carbocycles. The number of aliphatic hydroxyl groups is 1. The summed E-state index contributed by atoms with van der Waals surface area (Å²) in [6.07, 6.45) is 3.00. The van der Waals surface area contributed by atoms with E-state index in [-0.39, 0.29) is 6.10 Å². The molecule has 1 fully saturated rings. The molecule has 1 saturated heterocycles. The van der Waals surface area contributed by atoms with Gasteiger partial charge in [0.15, 0.2) is 0 Å². The molecular weight excluding hydrogens is 248 g/mol. The van der Waals surface area contributed by atoms with Crippen molar-refractivity contribution in [1.29, 1.82) is 0 Å². The third-order valence-corrected chi connectivity index (χ3v) is 4.29. The van der Waals surface area contributed by atoms with Crippen LogP contribution in [0.2, 0.25) is 0 Å². The number of aliphatic hydroxyl groups excluding tert-OH is 1. The van der Waals surface area contributed by atoms with Crippen molar-refractivity contribution in [3.63, 3.8) is 0 Å². The summed E-state index contributed by atoms with van der Waals surface area (Å²) in [4.78, 5) is 2.46. The van der Waals surface area contributed by atoms with Crippen molar-refractivity contribution >= 4 is 0 Å². The van der Waals surface area contributed by atoms with Gasteiger partial charge in [0.2, 0.25) is 0 Å². The predicted molar refractivity (Wildman–Crippen MR) is 83.9 cm³/mol. The van der Waals surface area contributed by atoms with Crippen LogP contribution in [0.3, 0.4) is 0 Å². The molecule has 20 heavy (non-hydrogen) atoms. The Morgan fingerprint density at radius 3 is 2.65 bits per heavy atom. The van der Waals surface area contributed by atoms with Crippen molar-refractivity contribution in [1.82, 2.24) is 10.2 Å². The lowest BCUT2D eigenvalue weighted by atomic mass is 10.1. The number of aryl methyl sites for hydroxylation is 2. The van der Waals surface area contributed by atoms with E-state index in [0.717, 1.165) is 45.6 Å². The van der Waals surface area contributed by atoms with Gasteiger partial charge in [-0.15, -0.1) is 0 Å². The van der Waals surface area contributed by atoms with E-state index in [0.29, 0.717) is 0 Å². The zero-order valence-electron chi connectivity index (χ0n) is 12.9. The van der Waals surface area contributed by atoms with Gasteiger partial charge in [0.05, 0.1) is 6.10 Å². The van der Waals surface area contributed by atoms with Crippen molar-refractivity contribution in [3.05, 3.63) is 34.9 Å². The molecule has 0 radical (unpaired) electrons. The molecule has 2 rings (SSSR count). The Labute approximate surface area is 123 Å². The normalized spacial score (nSPS) is 17.6. The molecule has 112 valence electrons. The zero-order valence-corrected chi connectivity index (χ0v) is 12.9. The topological polar surface area (TPSA) is 35.5 Å². The average molecular weight is 276 g/mol. The van der Waals surface area contributed by atoms with Gasteiger partial charge in [0.1, 0.15) is 0 Å². The van der Waals surface area contributed by atoms with Crippen molar-refractivity contribution in [2.45, 2.75) is 45.8 Å². The molecule has 0 unspecified atom stereocenters. The second-order valence-corrected chi connectivity index (χ2v) is 6.02. The number of likely N-dealkylation sites (tertiary alicyclic amines) is 1. The van der Waals surface area contributed by atoms with E-state index in [1.54, 1.807) is 0 Å². The van der Waals surface area contributed by atoms with Gasteiger partial charge in [-0.1, -0.05) is 18.2 Å². The molecule has 0 spiro atoms. The van der Waals surface area contributed by atoms with Crippen molar-refractivity contribution in [3.8, 4) is 0 Å². The number of nitrogens with one attached hydrogen (secondary N) is 1. The standard InChI is InChI=1S/C17H28N2O/c1-14-4-5-16(12-15(14)2)13-18-8-3-9-19-10-6-17(20)7-11-19/h4-5,12,17-18,20H,3,6-11,13H2,1-2H3. The summed E-state index contributed by atoms with van der Waals surface area (Å²) >= 11 is 0. The lowest BCUT2D eigenvalue weighted by molar-refractivity contribution is 0.0821. The molecule has 0 atom stereocenters. The molecular formula is C17H28N2O. The first-order valence-electron chi connectivity index (χ1n) is 7.82. The number of hydrogen-bond acceptors (Lipinski definition) is 3. The zero-order chi connectivity index (χ0) is 14.4. The number of piperidine rings is 1. The molecule has 1 aromatic rings. The highest BCUT2D eigenvalue weighted by molar-refractivity contribution is 5.29. The molecule has 1 heterocycles. The molecule has 1 aromatic carbocycles. The first-order chi connectivity index (χ1) is 9.65. The monoisotopic (exact) mass is 276 g/mol. The lowest BCUT2D eigenvalue weighted by Crippen LogP contribution is -2.37. The third-order valence-electron chi connectivity index (χ3n) is 4.29. The molecule has 2 N–H and O–H groups in total. The highest BCUT2D eigenvalue weighted by atomic mass is 16.3. The molecule has 1 aliphatic heterocycles. The van der Waals surface area contributed by atoms with Crippen LogP contribution in [0, 0.1) is 13.8 Å². The number of nitrogens with zero attached hydrogens (tertiary/aromatic N) is 1. The third kappa shape index (κ3) is 4.89. The van der Waals surface area contributed by atoms with Crippen LogP contribution in [0.1, 0.15) is 36.0 Å². The minimum atomic E-state index is -0.0610. The minimum absolute atomic E-state index is 0.0610. The van der Waals surface area contributed by atoms with Gasteiger partial charge in [-0.2, -0.15) is 0 Å². The quantitative estimate of drug-likeness (QED) is 0.782. The average Bonchev–Trinajstić information content (AvgIpc) is 2.44. The Morgan fingerprint density at radius 1 is 1.20 bits per heavy atom. The van der Waals surface area contributed by atoms with E-state index in [1.165, 1.54) is 23.1 Å². The fraction of sp³-hybridized carbons (Fsp3) is 0.647. The SMILES string of the molecule is Cc1ccc(CNCCCN2CCC(O)CC2)cc1C. The first kappa shape index (κ1) is 15.5. The van der Waals surface area contributed by atoms with Crippen molar-refractivity contribution < 1.29 is 5.11 Å². The summed E-state index contributed by atoms with van der Waals surface area (Å²) in [5.74, 6) is 0. The van der Waals surface area contributed by atoms with Crippen LogP contribution in [-0.4, -0.2) is 42.3 Å². The molecule has 1 aliphatic rings. The Morgan fingerprint density at radius 2 is 1.95 bits per heavy atom. The molecule has 0 aromatic heterocycles. The maximum Gasteiger partial charge on any atom is 0.0564 e. The highest BCUT2D eigenvalue weighted by Gasteiger charge is 2.15. The van der Waals surface area contributed by atoms with E-state index in [2.05, 4.69) is 42.3 Å². The van der Waals surface area contributed by atoms with E-state index >= 15 is 0 Å². The summed E-state index contributed by atoms with van der Waals surface area (Å²) in [5, 5.41) is 13.0. The second kappa shape index (κ2) is 7.77. The maximum absolute atomic E-state index is 9.47. The van der Waals surface area contributed by atoms with Gasteiger partial charge in [-0.05, 0) is 62.9 Å². The van der Waals surface area contributed by atoms with Crippen LogP contribution < -0.4 is 5.32 Å². The summed E-state index contributed by atoms with van der Waals surface area (Å²) < 4.78 is 0. The Kier molecular flexibility index (Phi) is 6.02. The second-order valence-electron chi connectivity index (χ2n) is 6.02. The summed E-state index contributed by atoms with van der Waals surface area (Å²) in [7, 11) is 0. The largest absolute Gasteiger partial charge is 0.393 e. The summed E-state index contributed by atoms with van der Waals surface area (Å²) in [6.45, 7) is 9.60. The first-order valence-corrected chi connectivity index (χ1v) is 7.82. The van der Waals surface area contributed by atoms with Crippen LogP contribution >= 0.6 is 0 Å². The van der Waals surface area contributed by atoms with E-state index < -0.39 is 0 Å². The van der Waals surface area contributed by atoms with Gasteiger partial charge in [0, 0.05) is 19.6 Å². The van der Waals surface area contributed by atoms with Gasteiger partial charge in [-0.3, -0.25) is 0 Å². The summed E-state index contributed by atoms with van der Waals surface area (Å²) in [6, 6.07) is 6.68. The number of rotatable bonds is 6. The minimum Gasteiger partial charge on any atom is -0.393 e. The molecule has 3 nitrogen and oxygen atoms in total. The van der Waals surface area contributed by atoms with Crippen LogP contribution in [0.15, 0.2) is 18.2 Å². The maximum atomic E-state index is 9.47. The van der Waals surface area contributed by atoms with Crippen LogP contribution in [-0.2, 0) is 6.54 Å². The Balaban J connectivity index is 1.58. The molecule has 0 aliphatic carbocycles. The highest BCUT2D eigenvalue weighted by Crippen LogP contribution is 2.10. The number of hydrogen-bond donors (Lipinski definition) is 2. The van der Waals surface area contributed by atoms with Gasteiger partial charge >= 0.3 is 0 Å². The van der Waals surface area contributed by atoms with Crippen LogP contribution in [0.4, 0.5) is 0 Å². The van der Waals surface area contributed by atoms with Gasteiger partial charge in [0.25, 0.3) is 0 Å². The van der Waals surface area contributed by atoms with E-state index in [9.17, 15) is 5.11 Å². The van der Waals surface area contributed by atoms with Gasteiger partial charge in [-0.25, -0.2) is 0 Å². The molecule has 3 heteroatoms. The summed E-state index contributed by atoms with van der Waals surface area (Å²) in [5.41, 5.74) is 4.10. The van der Waals surface area contributed by atoms with Crippen LogP contribution in [0.25, 0.3) is 0 Å². The van der Waals surface area contributed by atoms with E-state index in [1.807, 2.05) is 0 Å². The molecule has 0 amide bonds. The smallest absolute Gasteiger partial charge is 0.0564 e. The lowest BCUT2D eigenvalue weighted by Gasteiger charge is -2.29. The fourth-order valence-corrected chi connectivity index (χ4v) is 2.72. The fourth-order valence-electron chi connectivity index (χ4n) is 2.72. The van der Waals surface area contributed by atoms with Crippen molar-refractivity contribution in [2.75, 3.05) is 26.2 Å².